The third-order valence-corrected chi connectivity index (χ3v) is 3.16. The predicted octanol–water partition coefficient (Wildman–Crippen LogP) is 4.05. The standard InChI is InChI=1S/C17H10F3NO2/c18-17(19,20)13-8-4-5-11(9-13)10-14-16(22)23-15(21-14)12-6-2-1-3-7-12/h1-10H/b14-10-. The minimum atomic E-state index is -4.44. The molecular weight excluding hydrogens is 307 g/mol. The molecular formula is C17H10F3NO2. The zero-order chi connectivity index (χ0) is 16.4. The smallest absolute Gasteiger partial charge is 0.402 e. The Morgan fingerprint density at radius 3 is 2.43 bits per heavy atom. The second kappa shape index (κ2) is 5.72. The van der Waals surface area contributed by atoms with Gasteiger partial charge in [-0.2, -0.15) is 13.2 Å². The fraction of sp³-hybridized carbons (Fsp3) is 0.0588. The van der Waals surface area contributed by atoms with Crippen molar-refractivity contribution in [3.63, 3.8) is 0 Å². The van der Waals surface area contributed by atoms with Gasteiger partial charge >= 0.3 is 12.1 Å². The van der Waals surface area contributed by atoms with E-state index in [9.17, 15) is 18.0 Å². The molecule has 1 aliphatic rings. The topological polar surface area (TPSA) is 38.7 Å². The molecule has 0 aliphatic carbocycles. The molecule has 0 atom stereocenters. The molecule has 0 bridgehead atoms. The van der Waals surface area contributed by atoms with Crippen LogP contribution in [0.15, 0.2) is 65.3 Å². The van der Waals surface area contributed by atoms with Gasteiger partial charge in [-0.25, -0.2) is 9.79 Å². The minimum Gasteiger partial charge on any atom is -0.402 e. The molecule has 116 valence electrons. The van der Waals surface area contributed by atoms with Crippen LogP contribution in [0.5, 0.6) is 0 Å². The van der Waals surface area contributed by atoms with Gasteiger partial charge in [-0.1, -0.05) is 30.3 Å². The molecule has 3 nitrogen and oxygen atoms in total. The lowest BCUT2D eigenvalue weighted by Crippen LogP contribution is -2.05. The number of rotatable bonds is 2. The van der Waals surface area contributed by atoms with Crippen LogP contribution in [-0.4, -0.2) is 11.9 Å². The average Bonchev–Trinajstić information content (AvgIpc) is 2.89. The number of aliphatic imine (C=N–C) groups is 1. The Morgan fingerprint density at radius 2 is 1.74 bits per heavy atom. The summed E-state index contributed by atoms with van der Waals surface area (Å²) in [5.41, 5.74) is 0.0202. The summed E-state index contributed by atoms with van der Waals surface area (Å²) in [6.07, 6.45) is -3.17. The van der Waals surface area contributed by atoms with Crippen molar-refractivity contribution in [3.8, 4) is 0 Å². The van der Waals surface area contributed by atoms with E-state index < -0.39 is 17.7 Å². The minimum absolute atomic E-state index is 0.0387. The first-order valence-electron chi connectivity index (χ1n) is 6.69. The largest absolute Gasteiger partial charge is 0.416 e. The van der Waals surface area contributed by atoms with E-state index >= 15 is 0 Å². The molecule has 0 radical (unpaired) electrons. The molecule has 0 saturated heterocycles. The quantitative estimate of drug-likeness (QED) is 0.619. The van der Waals surface area contributed by atoms with Gasteiger partial charge in [0, 0.05) is 5.56 Å². The summed E-state index contributed by atoms with van der Waals surface area (Å²) >= 11 is 0. The number of nitrogens with zero attached hydrogens (tertiary/aromatic N) is 1. The summed E-state index contributed by atoms with van der Waals surface area (Å²) in [5.74, 6) is -0.560. The van der Waals surface area contributed by atoms with Crippen molar-refractivity contribution in [2.45, 2.75) is 6.18 Å². The highest BCUT2D eigenvalue weighted by Crippen LogP contribution is 2.30. The predicted molar refractivity (Wildman–Crippen MR) is 78.5 cm³/mol. The van der Waals surface area contributed by atoms with Crippen LogP contribution < -0.4 is 0 Å². The van der Waals surface area contributed by atoms with E-state index in [0.29, 0.717) is 5.56 Å². The molecule has 0 fully saturated rings. The number of halogens is 3. The Morgan fingerprint density at radius 1 is 1.00 bits per heavy atom. The second-order valence-electron chi connectivity index (χ2n) is 4.83. The Hall–Kier alpha value is -2.89. The van der Waals surface area contributed by atoms with Crippen molar-refractivity contribution >= 4 is 17.9 Å². The lowest BCUT2D eigenvalue weighted by molar-refractivity contribution is -0.137. The van der Waals surface area contributed by atoms with Crippen molar-refractivity contribution in [2.24, 2.45) is 4.99 Å². The molecule has 0 saturated carbocycles. The number of esters is 1. The Balaban J connectivity index is 1.94. The molecule has 0 aromatic heterocycles. The average molecular weight is 317 g/mol. The first-order valence-corrected chi connectivity index (χ1v) is 6.69. The number of benzene rings is 2. The SMILES string of the molecule is O=C1OC(c2ccccc2)=N/C1=C\c1cccc(C(F)(F)F)c1. The number of ether oxygens (including phenoxy) is 1. The number of hydrogen-bond acceptors (Lipinski definition) is 3. The normalized spacial score (nSPS) is 16.4. The van der Waals surface area contributed by atoms with E-state index in [1.165, 1.54) is 18.2 Å². The zero-order valence-electron chi connectivity index (χ0n) is 11.7. The number of alkyl halides is 3. The van der Waals surface area contributed by atoms with Crippen LogP contribution in [0, 0.1) is 0 Å². The fourth-order valence-electron chi connectivity index (χ4n) is 2.08. The highest BCUT2D eigenvalue weighted by molar-refractivity contribution is 6.12. The van der Waals surface area contributed by atoms with Gasteiger partial charge in [-0.15, -0.1) is 0 Å². The maximum Gasteiger partial charge on any atom is 0.416 e. The van der Waals surface area contributed by atoms with Gasteiger partial charge in [-0.3, -0.25) is 0 Å². The molecule has 2 aromatic carbocycles. The zero-order valence-corrected chi connectivity index (χ0v) is 11.7. The van der Waals surface area contributed by atoms with Crippen molar-refractivity contribution in [1.29, 1.82) is 0 Å². The molecule has 0 spiro atoms. The third-order valence-electron chi connectivity index (χ3n) is 3.16. The Bertz CT molecular complexity index is 808. The van der Waals surface area contributed by atoms with Gasteiger partial charge < -0.3 is 4.74 Å². The van der Waals surface area contributed by atoms with Crippen LogP contribution in [0.1, 0.15) is 16.7 Å². The molecule has 6 heteroatoms. The highest BCUT2D eigenvalue weighted by Gasteiger charge is 2.30. The van der Waals surface area contributed by atoms with E-state index in [0.717, 1.165) is 12.1 Å². The fourth-order valence-corrected chi connectivity index (χ4v) is 2.08. The molecule has 0 unspecified atom stereocenters. The first kappa shape index (κ1) is 15.0. The Labute approximate surface area is 129 Å². The van der Waals surface area contributed by atoms with Crippen LogP contribution in [0.25, 0.3) is 6.08 Å². The molecule has 23 heavy (non-hydrogen) atoms. The van der Waals surface area contributed by atoms with Gasteiger partial charge in [0.25, 0.3) is 0 Å². The van der Waals surface area contributed by atoms with Gasteiger partial charge in [0.05, 0.1) is 5.56 Å². The van der Waals surface area contributed by atoms with E-state index in [-0.39, 0.29) is 17.2 Å². The third kappa shape index (κ3) is 3.31. The van der Waals surface area contributed by atoms with Gasteiger partial charge in [-0.05, 0) is 35.9 Å². The maximum absolute atomic E-state index is 12.7. The first-order chi connectivity index (χ1) is 10.9. The van der Waals surface area contributed by atoms with Crippen molar-refractivity contribution in [3.05, 3.63) is 77.0 Å². The molecule has 2 aromatic rings. The summed E-state index contributed by atoms with van der Waals surface area (Å²) in [7, 11) is 0. The van der Waals surface area contributed by atoms with Crippen LogP contribution in [0.3, 0.4) is 0 Å². The van der Waals surface area contributed by atoms with Crippen LogP contribution in [-0.2, 0) is 15.7 Å². The van der Waals surface area contributed by atoms with Gasteiger partial charge in [0.15, 0.2) is 5.70 Å². The van der Waals surface area contributed by atoms with E-state index in [1.54, 1.807) is 30.3 Å². The lowest BCUT2D eigenvalue weighted by atomic mass is 10.1. The van der Waals surface area contributed by atoms with E-state index in [2.05, 4.69) is 4.99 Å². The van der Waals surface area contributed by atoms with E-state index in [1.807, 2.05) is 0 Å². The number of hydrogen-bond donors (Lipinski definition) is 0. The monoisotopic (exact) mass is 317 g/mol. The van der Waals surface area contributed by atoms with Crippen molar-refractivity contribution < 1.29 is 22.7 Å². The summed E-state index contributed by atoms with van der Waals surface area (Å²) in [6.45, 7) is 0. The van der Waals surface area contributed by atoms with Crippen LogP contribution >= 0.6 is 0 Å². The maximum atomic E-state index is 12.7. The summed E-state index contributed by atoms with van der Waals surface area (Å²) in [5, 5.41) is 0. The summed E-state index contributed by atoms with van der Waals surface area (Å²) in [4.78, 5) is 15.9. The van der Waals surface area contributed by atoms with Crippen molar-refractivity contribution in [1.82, 2.24) is 0 Å². The number of carbonyl (C=O) groups excluding carboxylic acids is 1. The molecule has 1 aliphatic heterocycles. The van der Waals surface area contributed by atoms with Gasteiger partial charge in [0.2, 0.25) is 5.90 Å². The summed E-state index contributed by atoms with van der Waals surface area (Å²) in [6, 6.07) is 13.4. The second-order valence-corrected chi connectivity index (χ2v) is 4.83. The molecule has 0 amide bonds. The van der Waals surface area contributed by atoms with Gasteiger partial charge in [0.1, 0.15) is 0 Å². The number of carbonyl (C=O) groups is 1. The van der Waals surface area contributed by atoms with Crippen LogP contribution in [0.4, 0.5) is 13.2 Å². The highest BCUT2D eigenvalue weighted by atomic mass is 19.4. The summed E-state index contributed by atoms with van der Waals surface area (Å²) < 4.78 is 43.2. The Kier molecular flexibility index (Phi) is 3.73. The van der Waals surface area contributed by atoms with Crippen LogP contribution in [0.2, 0.25) is 0 Å². The molecule has 0 N–H and O–H groups in total. The number of cyclic esters (lactones) is 1. The molecule has 3 rings (SSSR count). The lowest BCUT2D eigenvalue weighted by Gasteiger charge is -2.06. The van der Waals surface area contributed by atoms with Crippen molar-refractivity contribution in [2.75, 3.05) is 0 Å². The van der Waals surface area contributed by atoms with E-state index in [4.69, 9.17) is 4.74 Å². The molecule has 1 heterocycles.